The van der Waals surface area contributed by atoms with Crippen molar-refractivity contribution in [1.82, 2.24) is 14.9 Å². The fourth-order valence-corrected chi connectivity index (χ4v) is 3.39. The van der Waals surface area contributed by atoms with Crippen molar-refractivity contribution in [2.24, 2.45) is 5.92 Å². The number of benzene rings is 1. The number of H-pyrrole nitrogens is 1. The maximum absolute atomic E-state index is 13.6. The second kappa shape index (κ2) is 11.3. The number of aliphatic hydroxyl groups excluding tert-OH is 2. The van der Waals surface area contributed by atoms with Crippen LogP contribution in [-0.4, -0.2) is 62.8 Å². The van der Waals surface area contributed by atoms with Crippen LogP contribution in [0, 0.1) is 11.7 Å². The normalized spacial score (nSPS) is 22.6. The predicted molar refractivity (Wildman–Crippen MR) is 117 cm³/mol. The third-order valence-corrected chi connectivity index (χ3v) is 5.33. The first-order valence-electron chi connectivity index (χ1n) is 10.7. The minimum absolute atomic E-state index is 0.00135. The Kier molecular flexibility index (Phi) is 8.38. The van der Waals surface area contributed by atoms with E-state index in [1.807, 2.05) is 6.07 Å². The number of esters is 1. The Balaban J connectivity index is 1.58. The van der Waals surface area contributed by atoms with E-state index < -0.39 is 66.3 Å². The molecule has 1 saturated heterocycles. The van der Waals surface area contributed by atoms with Crippen molar-refractivity contribution in [3.63, 3.8) is 0 Å². The fourth-order valence-electron chi connectivity index (χ4n) is 3.39. The molecule has 0 spiro atoms. The quantitative estimate of drug-likeness (QED) is 0.362. The highest BCUT2D eigenvalue weighted by molar-refractivity contribution is 5.81. The molecule has 190 valence electrons. The molecule has 12 nitrogen and oxygen atoms in total. The molecule has 1 aromatic heterocycles. The molecule has 0 aliphatic carbocycles. The summed E-state index contributed by atoms with van der Waals surface area (Å²) in [6, 6.07) is 7.84. The number of nitrogens with zero attached hydrogens (tertiary/aromatic N) is 1. The summed E-state index contributed by atoms with van der Waals surface area (Å²) in [6.45, 7) is 2.79. The van der Waals surface area contributed by atoms with E-state index in [9.17, 15) is 33.8 Å². The number of amides is 1. The largest absolute Gasteiger partial charge is 0.461 e. The van der Waals surface area contributed by atoms with Crippen LogP contribution in [0.1, 0.15) is 25.6 Å². The molecular weight excluding hydrogens is 469 g/mol. The third-order valence-electron chi connectivity index (χ3n) is 5.33. The molecule has 0 bridgehead atoms. The average Bonchev–Trinajstić information content (AvgIpc) is 3.11. The zero-order valence-electron chi connectivity index (χ0n) is 18.9. The summed E-state index contributed by atoms with van der Waals surface area (Å²) < 4.78 is 29.8. The third kappa shape index (κ3) is 6.32. The summed E-state index contributed by atoms with van der Waals surface area (Å²) in [7, 11) is 0. The second-order valence-electron chi connectivity index (χ2n) is 8.25. The molecule has 5 atom stereocenters. The first kappa shape index (κ1) is 26.1. The van der Waals surface area contributed by atoms with Crippen molar-refractivity contribution in [3.05, 3.63) is 68.7 Å². The number of carbonyl (C=O) groups excluding carboxylic acids is 2. The van der Waals surface area contributed by atoms with E-state index in [4.69, 9.17) is 14.2 Å². The van der Waals surface area contributed by atoms with Crippen LogP contribution in [0.15, 0.2) is 46.1 Å². The zero-order chi connectivity index (χ0) is 25.7. The Morgan fingerprint density at radius 1 is 1.17 bits per heavy atom. The summed E-state index contributed by atoms with van der Waals surface area (Å²) in [5, 5.41) is 22.9. The van der Waals surface area contributed by atoms with Gasteiger partial charge in [0.15, 0.2) is 6.23 Å². The molecule has 2 unspecified atom stereocenters. The highest BCUT2D eigenvalue weighted by Gasteiger charge is 2.45. The molecule has 1 aromatic carbocycles. The zero-order valence-corrected chi connectivity index (χ0v) is 18.9. The van der Waals surface area contributed by atoms with Gasteiger partial charge >= 0.3 is 17.8 Å². The molecule has 3 rings (SSSR count). The van der Waals surface area contributed by atoms with Crippen LogP contribution in [0.2, 0.25) is 0 Å². The fraction of sp³-hybridized carbons (Fsp3) is 0.455. The molecule has 1 amide bonds. The first-order chi connectivity index (χ1) is 16.6. The Labute approximate surface area is 198 Å². The highest BCUT2D eigenvalue weighted by Crippen LogP contribution is 2.28. The number of rotatable bonds is 8. The van der Waals surface area contributed by atoms with E-state index >= 15 is 0 Å². The van der Waals surface area contributed by atoms with Gasteiger partial charge < -0.3 is 29.7 Å². The molecule has 4 N–H and O–H groups in total. The van der Waals surface area contributed by atoms with Gasteiger partial charge in [0.2, 0.25) is 5.82 Å². The average molecular weight is 495 g/mol. The molecule has 0 saturated carbocycles. The number of aromatic amines is 1. The summed E-state index contributed by atoms with van der Waals surface area (Å²) in [4.78, 5) is 49.6. The van der Waals surface area contributed by atoms with Crippen LogP contribution in [0.4, 0.5) is 9.18 Å². The molecular formula is C22H26FN3O9. The lowest BCUT2D eigenvalue weighted by molar-refractivity contribution is -0.153. The number of carbonyl (C=O) groups is 2. The van der Waals surface area contributed by atoms with E-state index in [1.54, 1.807) is 43.1 Å². The van der Waals surface area contributed by atoms with Crippen molar-refractivity contribution in [1.29, 1.82) is 0 Å². The van der Waals surface area contributed by atoms with Gasteiger partial charge in [-0.1, -0.05) is 44.2 Å². The number of hydrogen-bond donors (Lipinski definition) is 4. The summed E-state index contributed by atoms with van der Waals surface area (Å²) >= 11 is 0. The molecule has 1 aliphatic heterocycles. The molecule has 13 heteroatoms. The van der Waals surface area contributed by atoms with Gasteiger partial charge in [-0.05, 0) is 11.5 Å². The smallest absolute Gasteiger partial charge is 0.408 e. The Bertz CT molecular complexity index is 1150. The first-order valence-corrected chi connectivity index (χ1v) is 10.7. The second-order valence-corrected chi connectivity index (χ2v) is 8.25. The predicted octanol–water partition coefficient (Wildman–Crippen LogP) is -0.211. The number of hydrogen-bond acceptors (Lipinski definition) is 9. The van der Waals surface area contributed by atoms with Crippen LogP contribution < -0.4 is 16.6 Å². The van der Waals surface area contributed by atoms with Crippen LogP contribution in [0.5, 0.6) is 0 Å². The van der Waals surface area contributed by atoms with Gasteiger partial charge in [0.1, 0.15) is 37.6 Å². The van der Waals surface area contributed by atoms with Crippen LogP contribution in [0.3, 0.4) is 0 Å². The number of nitrogens with one attached hydrogen (secondary N) is 2. The maximum atomic E-state index is 13.6. The van der Waals surface area contributed by atoms with Gasteiger partial charge in [-0.25, -0.2) is 14.4 Å². The molecule has 0 radical (unpaired) electrons. The molecule has 2 aromatic rings. The number of ether oxygens (including phenoxy) is 3. The van der Waals surface area contributed by atoms with E-state index in [0.717, 1.165) is 5.56 Å². The van der Waals surface area contributed by atoms with Gasteiger partial charge in [-0.15, -0.1) is 0 Å². The van der Waals surface area contributed by atoms with Crippen LogP contribution in [0.25, 0.3) is 0 Å². The van der Waals surface area contributed by atoms with E-state index in [0.29, 0.717) is 10.8 Å². The Hall–Kier alpha value is -3.55. The van der Waals surface area contributed by atoms with Gasteiger partial charge in [0.05, 0.1) is 6.20 Å². The highest BCUT2D eigenvalue weighted by atomic mass is 19.1. The van der Waals surface area contributed by atoms with E-state index in [-0.39, 0.29) is 12.5 Å². The van der Waals surface area contributed by atoms with Crippen LogP contribution >= 0.6 is 0 Å². The topological polar surface area (TPSA) is 169 Å². The van der Waals surface area contributed by atoms with Gasteiger partial charge in [-0.3, -0.25) is 14.3 Å². The number of alkyl carbamates (subject to hydrolysis) is 1. The van der Waals surface area contributed by atoms with Crippen molar-refractivity contribution in [2.45, 2.75) is 51.0 Å². The van der Waals surface area contributed by atoms with Crippen molar-refractivity contribution < 1.29 is 38.4 Å². The molecule has 2 heterocycles. The Morgan fingerprint density at radius 2 is 1.86 bits per heavy atom. The summed E-state index contributed by atoms with van der Waals surface area (Å²) in [5.41, 5.74) is -1.56. The Morgan fingerprint density at radius 3 is 2.51 bits per heavy atom. The lowest BCUT2D eigenvalue weighted by Crippen LogP contribution is -2.46. The van der Waals surface area contributed by atoms with Crippen molar-refractivity contribution in [2.75, 3.05) is 6.61 Å². The monoisotopic (exact) mass is 495 g/mol. The van der Waals surface area contributed by atoms with Gasteiger partial charge in [0.25, 0.3) is 5.56 Å². The standard InChI is InChI=1S/C22H26FN3O9/c1-11(2)15(24-22(32)34-9-12-6-4-3-5-7-12)20(30)33-10-14-16(27)17(28)19(35-14)26-8-13(23)18(29)25-21(26)31/h3-8,11,14-17,19,27-28H,9-10H2,1-2H3,(H,24,32)(H,25,29,31)/t14-,15-,16?,17?,19-/m0/s1. The number of aromatic nitrogens is 2. The van der Waals surface area contributed by atoms with Crippen LogP contribution in [-0.2, 0) is 25.6 Å². The minimum Gasteiger partial charge on any atom is -0.461 e. The molecule has 1 fully saturated rings. The lowest BCUT2D eigenvalue weighted by Gasteiger charge is -2.22. The molecule has 35 heavy (non-hydrogen) atoms. The van der Waals surface area contributed by atoms with Gasteiger partial charge in [0, 0.05) is 0 Å². The SMILES string of the molecule is CC(C)[C@H](NC(=O)OCc1ccccc1)C(=O)OC[C@@H]1O[C@H](n2cc(F)c(=O)[nH]c2=O)C(O)C1O. The van der Waals surface area contributed by atoms with Crippen molar-refractivity contribution in [3.8, 4) is 0 Å². The maximum Gasteiger partial charge on any atom is 0.408 e. The summed E-state index contributed by atoms with van der Waals surface area (Å²) in [6.07, 6.45) is -6.41. The van der Waals surface area contributed by atoms with Crippen molar-refractivity contribution >= 4 is 12.1 Å². The van der Waals surface area contributed by atoms with E-state index in [1.165, 1.54) is 0 Å². The number of aliphatic hydroxyl groups is 2. The minimum atomic E-state index is -1.69. The van der Waals surface area contributed by atoms with Gasteiger partial charge in [-0.2, -0.15) is 4.39 Å². The summed E-state index contributed by atoms with van der Waals surface area (Å²) in [5.74, 6) is -2.53. The molecule has 1 aliphatic rings. The lowest BCUT2D eigenvalue weighted by atomic mass is 10.1. The number of halogens is 1. The van der Waals surface area contributed by atoms with E-state index in [2.05, 4.69) is 5.32 Å².